The van der Waals surface area contributed by atoms with E-state index in [4.69, 9.17) is 0 Å². The van der Waals surface area contributed by atoms with Crippen molar-refractivity contribution in [3.63, 3.8) is 0 Å². The number of benzene rings is 1. The van der Waals surface area contributed by atoms with Crippen molar-refractivity contribution in [3.8, 4) is 0 Å². The highest BCUT2D eigenvalue weighted by Crippen LogP contribution is 2.33. The minimum Gasteiger partial charge on any atom is -0.379 e. The van der Waals surface area contributed by atoms with E-state index in [1.807, 2.05) is 0 Å². The largest absolute Gasteiger partial charge is 0.416 e. The summed E-state index contributed by atoms with van der Waals surface area (Å²) in [5.74, 6) is -0.777. The molecule has 1 aromatic rings. The van der Waals surface area contributed by atoms with Crippen LogP contribution in [0.1, 0.15) is 18.1 Å². The summed E-state index contributed by atoms with van der Waals surface area (Å²) >= 11 is 2.95. The van der Waals surface area contributed by atoms with Gasteiger partial charge in [0.15, 0.2) is 0 Å². The van der Waals surface area contributed by atoms with E-state index in [9.17, 15) is 23.1 Å². The van der Waals surface area contributed by atoms with Gasteiger partial charge in [-0.15, -0.1) is 0 Å². The summed E-state index contributed by atoms with van der Waals surface area (Å²) < 4.78 is 38.1. The number of nitrogens with one attached hydrogen (secondary N) is 1. The number of aliphatic hydroxyl groups is 1. The predicted molar refractivity (Wildman–Crippen MR) is 69.2 cm³/mol. The molecule has 1 rings (SSSR count). The van der Waals surface area contributed by atoms with Gasteiger partial charge < -0.3 is 10.4 Å². The summed E-state index contributed by atoms with van der Waals surface area (Å²) in [7, 11) is 0. The lowest BCUT2D eigenvalue weighted by Gasteiger charge is -2.20. The second-order valence-corrected chi connectivity index (χ2v) is 4.95. The molecule has 0 aliphatic heterocycles. The Morgan fingerprint density at radius 1 is 1.42 bits per heavy atom. The monoisotopic (exact) mass is 339 g/mol. The SMILES string of the molecule is Cc1ccc(NC(=O)[C@@](C)(O)CBr)cc1C(F)(F)F. The molecule has 0 bridgehead atoms. The second kappa shape index (κ2) is 5.50. The predicted octanol–water partition coefficient (Wildman–Crippen LogP) is 3.10. The highest BCUT2D eigenvalue weighted by atomic mass is 79.9. The van der Waals surface area contributed by atoms with Gasteiger partial charge in [-0.25, -0.2) is 0 Å². The molecule has 0 saturated heterocycles. The first-order valence-electron chi connectivity index (χ1n) is 5.35. The summed E-state index contributed by atoms with van der Waals surface area (Å²) in [6.45, 7) is 2.60. The van der Waals surface area contributed by atoms with Gasteiger partial charge in [0.05, 0.1) is 5.56 Å². The molecule has 0 spiro atoms. The highest BCUT2D eigenvalue weighted by molar-refractivity contribution is 9.09. The molecule has 7 heteroatoms. The number of halogens is 4. The number of alkyl halides is 4. The van der Waals surface area contributed by atoms with Crippen LogP contribution in [-0.2, 0) is 11.0 Å². The van der Waals surface area contributed by atoms with E-state index < -0.39 is 23.2 Å². The minimum atomic E-state index is -4.48. The van der Waals surface area contributed by atoms with Crippen LogP contribution in [0, 0.1) is 6.92 Å². The number of amides is 1. The van der Waals surface area contributed by atoms with Crippen molar-refractivity contribution in [3.05, 3.63) is 29.3 Å². The summed E-state index contributed by atoms with van der Waals surface area (Å²) in [6, 6.07) is 3.46. The van der Waals surface area contributed by atoms with Crippen molar-refractivity contribution in [2.24, 2.45) is 0 Å². The van der Waals surface area contributed by atoms with E-state index in [0.717, 1.165) is 6.07 Å². The molecule has 0 fully saturated rings. The molecule has 1 atom stereocenters. The normalized spacial score (nSPS) is 14.9. The third-order valence-electron chi connectivity index (χ3n) is 2.55. The van der Waals surface area contributed by atoms with Crippen molar-refractivity contribution in [2.45, 2.75) is 25.6 Å². The van der Waals surface area contributed by atoms with Crippen LogP contribution >= 0.6 is 15.9 Å². The zero-order valence-corrected chi connectivity index (χ0v) is 11.9. The maximum absolute atomic E-state index is 12.7. The van der Waals surface area contributed by atoms with Crippen LogP contribution in [-0.4, -0.2) is 21.9 Å². The van der Waals surface area contributed by atoms with Crippen molar-refractivity contribution in [2.75, 3.05) is 10.6 Å². The van der Waals surface area contributed by atoms with Crippen LogP contribution in [0.15, 0.2) is 18.2 Å². The van der Waals surface area contributed by atoms with Gasteiger partial charge in [0.2, 0.25) is 0 Å². The molecule has 0 aliphatic rings. The van der Waals surface area contributed by atoms with Gasteiger partial charge >= 0.3 is 6.18 Å². The lowest BCUT2D eigenvalue weighted by atomic mass is 10.1. The summed E-state index contributed by atoms with van der Waals surface area (Å²) in [6.07, 6.45) is -4.48. The molecule has 106 valence electrons. The Balaban J connectivity index is 3.02. The lowest BCUT2D eigenvalue weighted by molar-refractivity contribution is -0.138. The Morgan fingerprint density at radius 2 is 2.00 bits per heavy atom. The van der Waals surface area contributed by atoms with E-state index in [1.54, 1.807) is 0 Å². The smallest absolute Gasteiger partial charge is 0.379 e. The van der Waals surface area contributed by atoms with Crippen LogP contribution in [0.4, 0.5) is 18.9 Å². The van der Waals surface area contributed by atoms with Gasteiger partial charge in [-0.2, -0.15) is 13.2 Å². The van der Waals surface area contributed by atoms with Crippen LogP contribution in [0.25, 0.3) is 0 Å². The molecule has 1 amide bonds. The third-order valence-corrected chi connectivity index (χ3v) is 3.64. The molecule has 0 aromatic heterocycles. The number of carbonyl (C=O) groups excluding carboxylic acids is 1. The fourth-order valence-electron chi connectivity index (χ4n) is 1.33. The Hall–Kier alpha value is -1.08. The molecule has 19 heavy (non-hydrogen) atoms. The molecule has 0 radical (unpaired) electrons. The topological polar surface area (TPSA) is 49.3 Å². The maximum atomic E-state index is 12.7. The molecule has 2 N–H and O–H groups in total. The van der Waals surface area contributed by atoms with Crippen molar-refractivity contribution < 1.29 is 23.1 Å². The van der Waals surface area contributed by atoms with Crippen LogP contribution in [0.5, 0.6) is 0 Å². The summed E-state index contributed by atoms with van der Waals surface area (Å²) in [5, 5.41) is 11.9. The fourth-order valence-corrected chi connectivity index (χ4v) is 1.59. The zero-order chi connectivity index (χ0) is 14.8. The quantitative estimate of drug-likeness (QED) is 0.831. The van der Waals surface area contributed by atoms with Gasteiger partial charge in [-0.3, -0.25) is 4.79 Å². The molecule has 0 unspecified atom stereocenters. The standard InChI is InChI=1S/C12H13BrF3NO2/c1-7-3-4-8(5-9(7)12(14,15)16)17-10(18)11(2,19)6-13/h3-5,19H,6H2,1-2H3,(H,17,18)/t11-/m0/s1. The molecule has 1 aromatic carbocycles. The number of aryl methyl sites for hydroxylation is 1. The van der Waals surface area contributed by atoms with Crippen molar-refractivity contribution in [1.82, 2.24) is 0 Å². The zero-order valence-electron chi connectivity index (χ0n) is 10.3. The first-order valence-corrected chi connectivity index (χ1v) is 6.47. The molecular weight excluding hydrogens is 327 g/mol. The van der Waals surface area contributed by atoms with Crippen molar-refractivity contribution >= 4 is 27.5 Å². The maximum Gasteiger partial charge on any atom is 0.416 e. The van der Waals surface area contributed by atoms with Crippen molar-refractivity contribution in [1.29, 1.82) is 0 Å². The van der Waals surface area contributed by atoms with Crippen LogP contribution in [0.3, 0.4) is 0 Å². The van der Waals surface area contributed by atoms with Crippen LogP contribution < -0.4 is 5.32 Å². The number of carbonyl (C=O) groups is 1. The third kappa shape index (κ3) is 3.94. The minimum absolute atomic E-state index is 0.0100. The van der Waals surface area contributed by atoms with E-state index in [2.05, 4.69) is 21.2 Å². The van der Waals surface area contributed by atoms with Gasteiger partial charge in [-0.1, -0.05) is 22.0 Å². The average molecular weight is 340 g/mol. The highest BCUT2D eigenvalue weighted by Gasteiger charge is 2.33. The number of anilines is 1. The number of rotatable bonds is 3. The Labute approximate surface area is 116 Å². The van der Waals surface area contributed by atoms with Gasteiger partial charge in [-0.05, 0) is 31.5 Å². The molecule has 0 saturated carbocycles. The van der Waals surface area contributed by atoms with Gasteiger partial charge in [0, 0.05) is 11.0 Å². The van der Waals surface area contributed by atoms with Gasteiger partial charge in [0.1, 0.15) is 5.60 Å². The molecule has 0 heterocycles. The Kier molecular flexibility index (Phi) is 4.63. The van der Waals surface area contributed by atoms with E-state index in [1.165, 1.54) is 26.0 Å². The number of hydrogen-bond donors (Lipinski definition) is 2. The van der Waals surface area contributed by atoms with E-state index in [0.29, 0.717) is 0 Å². The summed E-state index contributed by atoms with van der Waals surface area (Å²) in [5.41, 5.74) is -2.45. The molecular formula is C12H13BrF3NO2. The van der Waals surface area contributed by atoms with E-state index >= 15 is 0 Å². The van der Waals surface area contributed by atoms with E-state index in [-0.39, 0.29) is 16.6 Å². The molecule has 3 nitrogen and oxygen atoms in total. The number of hydrogen-bond acceptors (Lipinski definition) is 2. The fraction of sp³-hybridized carbons (Fsp3) is 0.417. The Morgan fingerprint density at radius 3 is 2.47 bits per heavy atom. The van der Waals surface area contributed by atoms with Gasteiger partial charge in [0.25, 0.3) is 5.91 Å². The lowest BCUT2D eigenvalue weighted by Crippen LogP contribution is -2.41. The summed E-state index contributed by atoms with van der Waals surface area (Å²) in [4.78, 5) is 11.6. The first kappa shape index (κ1) is 16.0. The first-order chi connectivity index (χ1) is 8.58. The Bertz CT molecular complexity index is 486. The molecule has 0 aliphatic carbocycles. The second-order valence-electron chi connectivity index (χ2n) is 4.39. The van der Waals surface area contributed by atoms with Crippen LogP contribution in [0.2, 0.25) is 0 Å². The average Bonchev–Trinajstić information content (AvgIpc) is 2.30.